The van der Waals surface area contributed by atoms with E-state index in [0.29, 0.717) is 29.1 Å². The average Bonchev–Trinajstić information content (AvgIpc) is 2.96. The smallest absolute Gasteiger partial charge is 0.306 e. The van der Waals surface area contributed by atoms with Crippen molar-refractivity contribution in [2.75, 3.05) is 13.7 Å². The number of halogens is 1. The number of nitrogens with zero attached hydrogens (tertiary/aromatic N) is 1. The highest BCUT2D eigenvalue weighted by Gasteiger charge is 2.30. The number of pyridine rings is 1. The number of H-pyrrole nitrogens is 1. The van der Waals surface area contributed by atoms with E-state index in [1.165, 1.54) is 19.4 Å². The first-order valence-corrected chi connectivity index (χ1v) is 6.78. The van der Waals surface area contributed by atoms with E-state index in [1.807, 2.05) is 0 Å². The molecule has 2 aromatic rings. The topological polar surface area (TPSA) is 84.1 Å². The van der Waals surface area contributed by atoms with Crippen LogP contribution in [-0.2, 0) is 9.53 Å². The highest BCUT2D eigenvalue weighted by atomic mass is 19.1. The maximum atomic E-state index is 13.8. The van der Waals surface area contributed by atoms with Gasteiger partial charge in [0.05, 0.1) is 25.3 Å². The zero-order valence-corrected chi connectivity index (χ0v) is 11.9. The SMILES string of the molecule is COC(=O)CC1CNC(=O)c2cc(-c3ccncc3F)[nH]c21. The van der Waals surface area contributed by atoms with Crippen LogP contribution < -0.4 is 5.32 Å². The van der Waals surface area contributed by atoms with E-state index in [4.69, 9.17) is 0 Å². The predicted molar refractivity (Wildman–Crippen MR) is 75.7 cm³/mol. The van der Waals surface area contributed by atoms with Crippen LogP contribution in [0.2, 0.25) is 0 Å². The van der Waals surface area contributed by atoms with Crippen LogP contribution in [-0.4, -0.2) is 35.5 Å². The number of fused-ring (bicyclic) bond motifs is 1. The molecule has 1 aliphatic heterocycles. The van der Waals surface area contributed by atoms with E-state index in [-0.39, 0.29) is 24.2 Å². The summed E-state index contributed by atoms with van der Waals surface area (Å²) in [6.45, 7) is 0.333. The molecule has 0 aromatic carbocycles. The molecule has 0 saturated carbocycles. The van der Waals surface area contributed by atoms with E-state index in [2.05, 4.69) is 20.0 Å². The number of esters is 1. The van der Waals surface area contributed by atoms with Crippen molar-refractivity contribution in [2.24, 2.45) is 0 Å². The summed E-state index contributed by atoms with van der Waals surface area (Å²) in [5.74, 6) is -1.31. The largest absolute Gasteiger partial charge is 0.469 e. The summed E-state index contributed by atoms with van der Waals surface area (Å²) >= 11 is 0. The van der Waals surface area contributed by atoms with Gasteiger partial charge in [0.1, 0.15) is 0 Å². The normalized spacial score (nSPS) is 16.8. The minimum Gasteiger partial charge on any atom is -0.469 e. The number of amides is 1. The fourth-order valence-electron chi connectivity index (χ4n) is 2.59. The molecule has 2 aromatic heterocycles. The summed E-state index contributed by atoms with van der Waals surface area (Å²) in [6.07, 6.45) is 2.73. The Morgan fingerprint density at radius 2 is 2.32 bits per heavy atom. The van der Waals surface area contributed by atoms with Crippen molar-refractivity contribution in [3.8, 4) is 11.3 Å². The fraction of sp³-hybridized carbons (Fsp3) is 0.267. The molecule has 0 fully saturated rings. The lowest BCUT2D eigenvalue weighted by atomic mass is 9.94. The lowest BCUT2D eigenvalue weighted by Crippen LogP contribution is -2.35. The molecule has 0 bridgehead atoms. The third-order valence-corrected chi connectivity index (χ3v) is 3.71. The molecule has 0 aliphatic carbocycles. The Labute approximate surface area is 125 Å². The Hall–Kier alpha value is -2.70. The van der Waals surface area contributed by atoms with Crippen molar-refractivity contribution in [2.45, 2.75) is 12.3 Å². The highest BCUT2D eigenvalue weighted by Crippen LogP contribution is 2.31. The minimum absolute atomic E-state index is 0.141. The van der Waals surface area contributed by atoms with Gasteiger partial charge >= 0.3 is 5.97 Å². The summed E-state index contributed by atoms with van der Waals surface area (Å²) < 4.78 is 18.5. The molecule has 0 radical (unpaired) electrons. The number of carbonyl (C=O) groups is 2. The number of methoxy groups -OCH3 is 1. The van der Waals surface area contributed by atoms with Gasteiger partial charge in [0.2, 0.25) is 0 Å². The van der Waals surface area contributed by atoms with Gasteiger partial charge in [-0.25, -0.2) is 4.39 Å². The van der Waals surface area contributed by atoms with Crippen LogP contribution in [0, 0.1) is 5.82 Å². The average molecular weight is 303 g/mol. The molecule has 2 N–H and O–H groups in total. The Morgan fingerprint density at radius 1 is 1.50 bits per heavy atom. The third kappa shape index (κ3) is 2.45. The van der Waals surface area contributed by atoms with Crippen molar-refractivity contribution in [1.82, 2.24) is 15.3 Å². The molecule has 3 heterocycles. The minimum atomic E-state index is -0.481. The molecular formula is C15H14FN3O3. The van der Waals surface area contributed by atoms with Gasteiger partial charge in [-0.15, -0.1) is 0 Å². The zero-order chi connectivity index (χ0) is 15.7. The second-order valence-corrected chi connectivity index (χ2v) is 5.05. The molecule has 22 heavy (non-hydrogen) atoms. The van der Waals surface area contributed by atoms with Crippen molar-refractivity contribution < 1.29 is 18.7 Å². The Bertz CT molecular complexity index is 741. The first-order chi connectivity index (χ1) is 10.6. The summed E-state index contributed by atoms with van der Waals surface area (Å²) in [6, 6.07) is 3.12. The lowest BCUT2D eigenvalue weighted by molar-refractivity contribution is -0.141. The maximum absolute atomic E-state index is 13.8. The van der Waals surface area contributed by atoms with E-state index < -0.39 is 5.82 Å². The molecule has 0 spiro atoms. The van der Waals surface area contributed by atoms with E-state index in [0.717, 1.165) is 6.20 Å². The van der Waals surface area contributed by atoms with Crippen LogP contribution in [0.25, 0.3) is 11.3 Å². The zero-order valence-electron chi connectivity index (χ0n) is 11.9. The van der Waals surface area contributed by atoms with Gasteiger partial charge in [0.15, 0.2) is 5.82 Å². The van der Waals surface area contributed by atoms with Gasteiger partial charge in [-0.1, -0.05) is 0 Å². The van der Waals surface area contributed by atoms with E-state index in [1.54, 1.807) is 6.07 Å². The van der Waals surface area contributed by atoms with Gasteiger partial charge in [0.25, 0.3) is 5.91 Å². The van der Waals surface area contributed by atoms with Crippen LogP contribution >= 0.6 is 0 Å². The number of aromatic amines is 1. The van der Waals surface area contributed by atoms with Crippen LogP contribution in [0.3, 0.4) is 0 Å². The molecule has 114 valence electrons. The second-order valence-electron chi connectivity index (χ2n) is 5.05. The Morgan fingerprint density at radius 3 is 3.05 bits per heavy atom. The molecule has 1 amide bonds. The molecular weight excluding hydrogens is 289 g/mol. The fourth-order valence-corrected chi connectivity index (χ4v) is 2.59. The van der Waals surface area contributed by atoms with Crippen LogP contribution in [0.15, 0.2) is 24.5 Å². The number of hydrogen-bond acceptors (Lipinski definition) is 4. The van der Waals surface area contributed by atoms with Crippen LogP contribution in [0.1, 0.15) is 28.4 Å². The molecule has 1 atom stereocenters. The highest BCUT2D eigenvalue weighted by molar-refractivity contribution is 5.98. The number of carbonyl (C=O) groups excluding carboxylic acids is 2. The molecule has 3 rings (SSSR count). The number of nitrogens with one attached hydrogen (secondary N) is 2. The number of rotatable bonds is 3. The van der Waals surface area contributed by atoms with Gasteiger partial charge in [0, 0.05) is 35.6 Å². The summed E-state index contributed by atoms with van der Waals surface area (Å²) in [4.78, 5) is 30.2. The van der Waals surface area contributed by atoms with Gasteiger partial charge in [-0.05, 0) is 12.1 Å². The summed E-state index contributed by atoms with van der Waals surface area (Å²) in [5.41, 5.74) is 1.86. The molecule has 0 saturated heterocycles. The van der Waals surface area contributed by atoms with E-state index >= 15 is 0 Å². The predicted octanol–water partition coefficient (Wildman–Crippen LogP) is 1.61. The lowest BCUT2D eigenvalue weighted by Gasteiger charge is -2.21. The Kier molecular flexibility index (Phi) is 3.62. The van der Waals surface area contributed by atoms with Crippen LogP contribution in [0.4, 0.5) is 4.39 Å². The third-order valence-electron chi connectivity index (χ3n) is 3.71. The first-order valence-electron chi connectivity index (χ1n) is 6.78. The molecule has 1 aliphatic rings. The Balaban J connectivity index is 2.01. The van der Waals surface area contributed by atoms with Gasteiger partial charge in [-0.3, -0.25) is 14.6 Å². The van der Waals surface area contributed by atoms with Crippen molar-refractivity contribution in [3.63, 3.8) is 0 Å². The van der Waals surface area contributed by atoms with Crippen molar-refractivity contribution in [3.05, 3.63) is 41.6 Å². The summed E-state index contributed by atoms with van der Waals surface area (Å²) in [7, 11) is 1.32. The molecule has 1 unspecified atom stereocenters. The first kappa shape index (κ1) is 14.2. The number of aromatic nitrogens is 2. The number of ether oxygens (including phenoxy) is 1. The van der Waals surface area contributed by atoms with Crippen LogP contribution in [0.5, 0.6) is 0 Å². The standard InChI is InChI=1S/C15H14FN3O3/c1-22-13(20)4-8-6-18-15(21)10-5-12(19-14(8)10)9-2-3-17-7-11(9)16/h2-3,5,7-8,19H,4,6H2,1H3,(H,18,21). The molecule has 6 nitrogen and oxygen atoms in total. The summed E-state index contributed by atoms with van der Waals surface area (Å²) in [5, 5.41) is 2.72. The van der Waals surface area contributed by atoms with Crippen molar-refractivity contribution in [1.29, 1.82) is 0 Å². The second kappa shape index (κ2) is 5.59. The number of hydrogen-bond donors (Lipinski definition) is 2. The maximum Gasteiger partial charge on any atom is 0.306 e. The van der Waals surface area contributed by atoms with Crippen molar-refractivity contribution >= 4 is 11.9 Å². The quantitative estimate of drug-likeness (QED) is 0.844. The van der Waals surface area contributed by atoms with E-state index in [9.17, 15) is 14.0 Å². The molecule has 7 heteroatoms. The van der Waals surface area contributed by atoms with Gasteiger partial charge in [-0.2, -0.15) is 0 Å². The monoisotopic (exact) mass is 303 g/mol. The van der Waals surface area contributed by atoms with Gasteiger partial charge < -0.3 is 15.0 Å².